The Morgan fingerprint density at radius 1 is 1.28 bits per heavy atom. The Kier molecular flexibility index (Phi) is 5.82. The highest BCUT2D eigenvalue weighted by molar-refractivity contribution is 8.07. The van der Waals surface area contributed by atoms with E-state index in [9.17, 15) is 0 Å². The van der Waals surface area contributed by atoms with Gasteiger partial charge in [0, 0.05) is 5.56 Å². The lowest BCUT2D eigenvalue weighted by molar-refractivity contribution is 0.815. The summed E-state index contributed by atoms with van der Waals surface area (Å²) in [7, 11) is 0. The van der Waals surface area contributed by atoms with Crippen LogP contribution in [0.5, 0.6) is 0 Å². The summed E-state index contributed by atoms with van der Waals surface area (Å²) in [5, 5.41) is 0. The first-order valence-corrected chi connectivity index (χ1v) is 6.96. The quantitative estimate of drug-likeness (QED) is 0.674. The van der Waals surface area contributed by atoms with Crippen molar-refractivity contribution in [2.24, 2.45) is 5.92 Å². The average Bonchev–Trinajstić information content (AvgIpc) is 2.35. The molecule has 0 aliphatic heterocycles. The molecule has 1 heteroatoms. The fraction of sp³-hybridized carbons (Fsp3) is 0.294. The van der Waals surface area contributed by atoms with Gasteiger partial charge in [0.05, 0.1) is 4.91 Å². The molecule has 0 spiro atoms. The van der Waals surface area contributed by atoms with Crippen LogP contribution in [-0.2, 0) is 0 Å². The predicted octanol–water partition coefficient (Wildman–Crippen LogP) is 5.15. The lowest BCUT2D eigenvalue weighted by Crippen LogP contribution is -1.88. The number of allylic oxidation sites excluding steroid dienone is 3. The van der Waals surface area contributed by atoms with E-state index in [1.807, 2.05) is 12.1 Å². The largest absolute Gasteiger partial charge is 0.0860 e. The molecular weight excluding hydrogens is 236 g/mol. The fourth-order valence-electron chi connectivity index (χ4n) is 1.46. The first-order chi connectivity index (χ1) is 8.52. The van der Waals surface area contributed by atoms with Crippen LogP contribution < -0.4 is 0 Å². The van der Waals surface area contributed by atoms with E-state index >= 15 is 0 Å². The van der Waals surface area contributed by atoms with Gasteiger partial charge in [0.15, 0.2) is 0 Å². The van der Waals surface area contributed by atoms with Crippen molar-refractivity contribution in [3.05, 3.63) is 57.9 Å². The molecule has 1 aromatic rings. The zero-order chi connectivity index (χ0) is 13.5. The molecule has 0 fully saturated rings. The van der Waals surface area contributed by atoms with Gasteiger partial charge in [-0.2, -0.15) is 0 Å². The van der Waals surface area contributed by atoms with Crippen LogP contribution in [0.4, 0.5) is 0 Å². The van der Waals surface area contributed by atoms with Crippen molar-refractivity contribution < 1.29 is 0 Å². The molecule has 0 radical (unpaired) electrons. The van der Waals surface area contributed by atoms with Crippen molar-refractivity contribution in [3.63, 3.8) is 0 Å². The van der Waals surface area contributed by atoms with E-state index in [1.165, 1.54) is 10.5 Å². The SMILES string of the molecule is C=C(C#Cc1ccc(C)cc1)SC(=CC)C(C)C. The van der Waals surface area contributed by atoms with E-state index in [0.29, 0.717) is 5.92 Å². The maximum atomic E-state index is 4.01. The normalized spacial score (nSPS) is 11.1. The minimum atomic E-state index is 0.526. The fourth-order valence-corrected chi connectivity index (χ4v) is 2.20. The molecule has 94 valence electrons. The highest BCUT2D eigenvalue weighted by Crippen LogP contribution is 2.29. The van der Waals surface area contributed by atoms with E-state index in [2.05, 4.69) is 64.3 Å². The zero-order valence-corrected chi connectivity index (χ0v) is 12.4. The number of benzene rings is 1. The van der Waals surface area contributed by atoms with Crippen molar-refractivity contribution in [1.29, 1.82) is 0 Å². The van der Waals surface area contributed by atoms with Gasteiger partial charge in [-0.3, -0.25) is 0 Å². The Hall–Kier alpha value is -1.39. The predicted molar refractivity (Wildman–Crippen MR) is 83.4 cm³/mol. The van der Waals surface area contributed by atoms with E-state index in [-0.39, 0.29) is 0 Å². The van der Waals surface area contributed by atoms with Gasteiger partial charge in [-0.1, -0.05) is 67.8 Å². The molecular formula is C17H20S. The number of rotatable bonds is 3. The second kappa shape index (κ2) is 7.13. The van der Waals surface area contributed by atoms with Gasteiger partial charge >= 0.3 is 0 Å². The maximum Gasteiger partial charge on any atom is 0.0550 e. The smallest absolute Gasteiger partial charge is 0.0550 e. The summed E-state index contributed by atoms with van der Waals surface area (Å²) in [4.78, 5) is 2.22. The minimum absolute atomic E-state index is 0.526. The monoisotopic (exact) mass is 256 g/mol. The Bertz CT molecular complexity index is 493. The molecule has 1 rings (SSSR count). The molecule has 0 nitrogen and oxygen atoms in total. The van der Waals surface area contributed by atoms with Crippen molar-refractivity contribution in [2.75, 3.05) is 0 Å². The van der Waals surface area contributed by atoms with E-state index < -0.39 is 0 Å². The zero-order valence-electron chi connectivity index (χ0n) is 11.6. The summed E-state index contributed by atoms with van der Waals surface area (Å²) in [5.41, 5.74) is 2.29. The van der Waals surface area contributed by atoms with Crippen LogP contribution in [0.25, 0.3) is 0 Å². The average molecular weight is 256 g/mol. The molecule has 0 saturated carbocycles. The van der Waals surface area contributed by atoms with E-state index in [0.717, 1.165) is 10.5 Å². The molecule has 18 heavy (non-hydrogen) atoms. The van der Waals surface area contributed by atoms with Gasteiger partial charge in [-0.25, -0.2) is 0 Å². The van der Waals surface area contributed by atoms with Crippen molar-refractivity contribution >= 4 is 11.8 Å². The van der Waals surface area contributed by atoms with Crippen LogP contribution in [0.3, 0.4) is 0 Å². The van der Waals surface area contributed by atoms with Gasteiger partial charge in [0.2, 0.25) is 0 Å². The summed E-state index contributed by atoms with van der Waals surface area (Å²) < 4.78 is 0. The summed E-state index contributed by atoms with van der Waals surface area (Å²) >= 11 is 1.67. The van der Waals surface area contributed by atoms with E-state index in [1.54, 1.807) is 11.8 Å². The van der Waals surface area contributed by atoms with Gasteiger partial charge in [-0.05, 0) is 36.8 Å². The third kappa shape index (κ3) is 4.85. The summed E-state index contributed by atoms with van der Waals surface area (Å²) in [6.07, 6.45) is 2.13. The van der Waals surface area contributed by atoms with Crippen LogP contribution >= 0.6 is 11.8 Å². The van der Waals surface area contributed by atoms with Crippen molar-refractivity contribution in [3.8, 4) is 11.8 Å². The summed E-state index contributed by atoms with van der Waals surface area (Å²) in [6, 6.07) is 8.23. The second-order valence-electron chi connectivity index (χ2n) is 4.49. The third-order valence-electron chi connectivity index (χ3n) is 2.49. The van der Waals surface area contributed by atoms with Crippen LogP contribution in [0.15, 0.2) is 46.7 Å². The van der Waals surface area contributed by atoms with E-state index in [4.69, 9.17) is 0 Å². The first-order valence-electron chi connectivity index (χ1n) is 6.14. The number of aryl methyl sites for hydroxylation is 1. The number of hydrogen-bond donors (Lipinski definition) is 0. The highest BCUT2D eigenvalue weighted by Gasteiger charge is 2.03. The van der Waals surface area contributed by atoms with Gasteiger partial charge in [0.1, 0.15) is 0 Å². The Balaban J connectivity index is 2.69. The molecule has 1 aromatic carbocycles. The Labute approximate surface area is 115 Å². The minimum Gasteiger partial charge on any atom is -0.0860 e. The van der Waals surface area contributed by atoms with Gasteiger partial charge in [0.25, 0.3) is 0 Å². The molecule has 0 heterocycles. The third-order valence-corrected chi connectivity index (χ3v) is 3.78. The summed E-state index contributed by atoms with van der Waals surface area (Å²) in [6.45, 7) is 12.5. The Morgan fingerprint density at radius 3 is 2.39 bits per heavy atom. The molecule has 0 saturated heterocycles. The molecule has 0 N–H and O–H groups in total. The summed E-state index contributed by atoms with van der Waals surface area (Å²) in [5.74, 6) is 6.78. The molecule has 0 unspecified atom stereocenters. The maximum absolute atomic E-state index is 4.01. The molecule has 0 aliphatic carbocycles. The van der Waals surface area contributed by atoms with Crippen molar-refractivity contribution in [1.82, 2.24) is 0 Å². The van der Waals surface area contributed by atoms with Crippen LogP contribution in [0.1, 0.15) is 31.9 Å². The second-order valence-corrected chi connectivity index (χ2v) is 5.66. The van der Waals surface area contributed by atoms with Crippen molar-refractivity contribution in [2.45, 2.75) is 27.7 Å². The lowest BCUT2D eigenvalue weighted by atomic mass is 10.2. The van der Waals surface area contributed by atoms with Gasteiger partial charge < -0.3 is 0 Å². The Morgan fingerprint density at radius 2 is 1.89 bits per heavy atom. The molecule has 0 amide bonds. The molecule has 0 aliphatic rings. The number of hydrogen-bond acceptors (Lipinski definition) is 1. The lowest BCUT2D eigenvalue weighted by Gasteiger charge is -2.08. The standard InChI is InChI=1S/C17H20S/c1-6-17(13(2)3)18-15(5)9-12-16-10-7-14(4)8-11-16/h6-8,10-11,13H,5H2,1-4H3. The first kappa shape index (κ1) is 14.7. The molecule has 0 aromatic heterocycles. The van der Waals surface area contributed by atoms with Gasteiger partial charge in [-0.15, -0.1) is 0 Å². The van der Waals surface area contributed by atoms with Crippen LogP contribution in [0, 0.1) is 24.7 Å². The highest BCUT2D eigenvalue weighted by atomic mass is 32.2. The molecule has 0 atom stereocenters. The van der Waals surface area contributed by atoms with Crippen LogP contribution in [-0.4, -0.2) is 0 Å². The van der Waals surface area contributed by atoms with Crippen LogP contribution in [0.2, 0.25) is 0 Å². The topological polar surface area (TPSA) is 0 Å². The molecule has 0 bridgehead atoms. The number of thioether (sulfide) groups is 1.